The molecule has 0 unspecified atom stereocenters. The lowest BCUT2D eigenvalue weighted by Crippen LogP contribution is -2.32. The Balaban J connectivity index is 1.69. The molecule has 10 heteroatoms. The first-order valence-corrected chi connectivity index (χ1v) is 12.5. The number of rotatable bonds is 8. The van der Waals surface area contributed by atoms with Crippen molar-refractivity contribution in [2.24, 2.45) is 0 Å². The third-order valence-corrected chi connectivity index (χ3v) is 7.56. The number of hydrogen-bond donors (Lipinski definition) is 0. The molecule has 1 amide bonds. The van der Waals surface area contributed by atoms with E-state index in [4.69, 9.17) is 9.47 Å². The summed E-state index contributed by atoms with van der Waals surface area (Å²) in [6.07, 6.45) is 3.48. The van der Waals surface area contributed by atoms with Gasteiger partial charge in [-0.05, 0) is 48.7 Å². The van der Waals surface area contributed by atoms with E-state index in [2.05, 4.69) is 0 Å². The van der Waals surface area contributed by atoms with Crippen molar-refractivity contribution < 1.29 is 31.9 Å². The van der Waals surface area contributed by atoms with Crippen LogP contribution in [0.15, 0.2) is 47.4 Å². The van der Waals surface area contributed by atoms with Crippen molar-refractivity contribution in [1.29, 1.82) is 0 Å². The minimum absolute atomic E-state index is 0.00483. The molecule has 0 aliphatic carbocycles. The second-order valence-corrected chi connectivity index (χ2v) is 10.0. The molecule has 0 aromatic heterocycles. The van der Waals surface area contributed by atoms with E-state index in [0.29, 0.717) is 18.7 Å². The van der Waals surface area contributed by atoms with E-state index < -0.39 is 34.3 Å². The molecule has 8 nitrogen and oxygen atoms in total. The number of likely N-dealkylation sites (N-methyl/N-ethyl adjacent to an activating group) is 1. The predicted octanol–water partition coefficient (Wildman–Crippen LogP) is 3.21. The molecule has 2 aromatic carbocycles. The molecule has 184 valence electrons. The van der Waals surface area contributed by atoms with Crippen molar-refractivity contribution in [2.75, 3.05) is 33.9 Å². The molecule has 3 rings (SSSR count). The number of nitrogens with zero attached hydrogens (tertiary/aromatic N) is 2. The van der Waals surface area contributed by atoms with Crippen LogP contribution in [0, 0.1) is 5.82 Å². The number of carbonyl (C=O) groups is 2. The van der Waals surface area contributed by atoms with Gasteiger partial charge < -0.3 is 14.4 Å². The fraction of sp³-hybridized carbons (Fsp3) is 0.417. The van der Waals surface area contributed by atoms with Crippen molar-refractivity contribution >= 4 is 21.9 Å². The maximum absolute atomic E-state index is 13.3. The first-order valence-electron chi connectivity index (χ1n) is 11.1. The fourth-order valence-corrected chi connectivity index (χ4v) is 5.44. The summed E-state index contributed by atoms with van der Waals surface area (Å²) in [5.74, 6) is -1.59. The zero-order chi connectivity index (χ0) is 24.7. The maximum Gasteiger partial charge on any atom is 0.338 e. The molecular weight excluding hydrogens is 463 g/mol. The lowest BCUT2D eigenvalue weighted by molar-refractivity contribution is -0.133. The van der Waals surface area contributed by atoms with Gasteiger partial charge in [-0.15, -0.1) is 0 Å². The van der Waals surface area contributed by atoms with E-state index in [0.717, 1.165) is 25.7 Å². The average Bonchev–Trinajstić information content (AvgIpc) is 3.12. The van der Waals surface area contributed by atoms with Gasteiger partial charge in [0.25, 0.3) is 5.91 Å². The van der Waals surface area contributed by atoms with Crippen LogP contribution in [0.25, 0.3) is 0 Å². The van der Waals surface area contributed by atoms with Crippen LogP contribution in [-0.4, -0.2) is 63.4 Å². The SMILES string of the molecule is COc1ccc(C(=O)OCC(=O)N(C)Cc2cccc(F)c2)cc1S(=O)(=O)N1CCCCCC1. The minimum atomic E-state index is -3.87. The molecule has 2 aromatic rings. The maximum atomic E-state index is 13.3. The van der Waals surface area contributed by atoms with Crippen molar-refractivity contribution in [3.8, 4) is 5.75 Å². The fourth-order valence-electron chi connectivity index (χ4n) is 3.74. The molecule has 0 bridgehead atoms. The van der Waals surface area contributed by atoms with Gasteiger partial charge in [0.05, 0.1) is 12.7 Å². The molecule has 0 N–H and O–H groups in total. The van der Waals surface area contributed by atoms with E-state index >= 15 is 0 Å². The smallest absolute Gasteiger partial charge is 0.338 e. The molecule has 1 heterocycles. The number of sulfonamides is 1. The molecule has 0 saturated carbocycles. The number of carbonyl (C=O) groups excluding carboxylic acids is 2. The van der Waals surface area contributed by atoms with Gasteiger partial charge in [0.1, 0.15) is 16.5 Å². The molecule has 1 saturated heterocycles. The van der Waals surface area contributed by atoms with E-state index in [-0.39, 0.29) is 22.8 Å². The highest BCUT2D eigenvalue weighted by Crippen LogP contribution is 2.29. The van der Waals surface area contributed by atoms with Crippen LogP contribution in [0.2, 0.25) is 0 Å². The number of benzene rings is 2. The zero-order valence-corrected chi connectivity index (χ0v) is 20.1. The molecule has 1 aliphatic heterocycles. The normalized spacial score (nSPS) is 14.8. The number of esters is 1. The Hall–Kier alpha value is -2.98. The highest BCUT2D eigenvalue weighted by atomic mass is 32.2. The lowest BCUT2D eigenvalue weighted by Gasteiger charge is -2.21. The van der Waals surface area contributed by atoms with Gasteiger partial charge in [0.15, 0.2) is 6.61 Å². The van der Waals surface area contributed by atoms with Gasteiger partial charge in [0.2, 0.25) is 10.0 Å². The summed E-state index contributed by atoms with van der Waals surface area (Å²) in [5.41, 5.74) is 0.593. The number of methoxy groups -OCH3 is 1. The number of halogens is 1. The standard InChI is InChI=1S/C24H29FN2O6S/c1-26(16-18-8-7-9-20(25)14-18)23(28)17-33-24(29)19-10-11-21(32-2)22(15-19)34(30,31)27-12-5-3-4-6-13-27/h7-11,14-15H,3-6,12-13,16-17H2,1-2H3. The Morgan fingerprint density at radius 3 is 2.41 bits per heavy atom. The third kappa shape index (κ3) is 6.32. The first kappa shape index (κ1) is 25.6. The molecule has 0 spiro atoms. The van der Waals surface area contributed by atoms with Crippen LogP contribution in [0.5, 0.6) is 5.75 Å². The summed E-state index contributed by atoms with van der Waals surface area (Å²) >= 11 is 0. The summed E-state index contributed by atoms with van der Waals surface area (Å²) in [6, 6.07) is 9.88. The lowest BCUT2D eigenvalue weighted by atomic mass is 10.2. The predicted molar refractivity (Wildman–Crippen MR) is 123 cm³/mol. The topological polar surface area (TPSA) is 93.2 Å². The van der Waals surface area contributed by atoms with Crippen LogP contribution in [-0.2, 0) is 26.1 Å². The Labute approximate surface area is 199 Å². The van der Waals surface area contributed by atoms with Gasteiger partial charge in [-0.25, -0.2) is 17.6 Å². The second kappa shape index (κ2) is 11.4. The second-order valence-electron chi connectivity index (χ2n) is 8.14. The summed E-state index contributed by atoms with van der Waals surface area (Å²) in [4.78, 5) is 26.2. The van der Waals surface area contributed by atoms with Crippen molar-refractivity contribution in [2.45, 2.75) is 37.1 Å². The summed E-state index contributed by atoms with van der Waals surface area (Å²) in [7, 11) is -0.995. The van der Waals surface area contributed by atoms with Gasteiger partial charge in [-0.2, -0.15) is 4.31 Å². The van der Waals surface area contributed by atoms with Gasteiger partial charge >= 0.3 is 5.97 Å². The van der Waals surface area contributed by atoms with Gasteiger partial charge in [-0.1, -0.05) is 25.0 Å². The Bertz CT molecular complexity index is 1130. The molecular formula is C24H29FN2O6S. The molecule has 0 atom stereocenters. The molecule has 1 fully saturated rings. The van der Waals surface area contributed by atoms with Crippen molar-refractivity contribution in [3.63, 3.8) is 0 Å². The quantitative estimate of drug-likeness (QED) is 0.526. The summed E-state index contributed by atoms with van der Waals surface area (Å²) in [5, 5.41) is 0. The van der Waals surface area contributed by atoms with E-state index in [9.17, 15) is 22.4 Å². The van der Waals surface area contributed by atoms with Crippen LogP contribution in [0.4, 0.5) is 4.39 Å². The third-order valence-electron chi connectivity index (χ3n) is 5.64. The Morgan fingerprint density at radius 1 is 1.06 bits per heavy atom. The van der Waals surface area contributed by atoms with Crippen LogP contribution in [0.1, 0.15) is 41.6 Å². The van der Waals surface area contributed by atoms with Crippen molar-refractivity contribution in [3.05, 3.63) is 59.4 Å². The van der Waals surface area contributed by atoms with Crippen LogP contribution in [0.3, 0.4) is 0 Å². The number of hydrogen-bond acceptors (Lipinski definition) is 6. The summed E-state index contributed by atoms with van der Waals surface area (Å²) in [6.45, 7) is 0.429. The van der Waals surface area contributed by atoms with E-state index in [1.54, 1.807) is 12.1 Å². The largest absolute Gasteiger partial charge is 0.495 e. The first-order chi connectivity index (χ1) is 16.2. The summed E-state index contributed by atoms with van der Waals surface area (Å²) < 4.78 is 51.6. The van der Waals surface area contributed by atoms with E-state index in [1.807, 2.05) is 0 Å². The van der Waals surface area contributed by atoms with Gasteiger partial charge in [-0.3, -0.25) is 4.79 Å². The van der Waals surface area contributed by atoms with Crippen molar-refractivity contribution in [1.82, 2.24) is 9.21 Å². The monoisotopic (exact) mass is 492 g/mol. The molecule has 34 heavy (non-hydrogen) atoms. The highest BCUT2D eigenvalue weighted by molar-refractivity contribution is 7.89. The Morgan fingerprint density at radius 2 is 1.76 bits per heavy atom. The Kier molecular flexibility index (Phi) is 8.62. The number of ether oxygens (including phenoxy) is 2. The van der Waals surface area contributed by atoms with Crippen LogP contribution < -0.4 is 4.74 Å². The van der Waals surface area contributed by atoms with Gasteiger partial charge in [0, 0.05) is 26.7 Å². The van der Waals surface area contributed by atoms with Crippen LogP contribution >= 0.6 is 0 Å². The molecule has 1 aliphatic rings. The average molecular weight is 493 g/mol. The molecule has 0 radical (unpaired) electrons. The highest BCUT2D eigenvalue weighted by Gasteiger charge is 2.29. The zero-order valence-electron chi connectivity index (χ0n) is 19.3. The van der Waals surface area contributed by atoms with E-state index in [1.165, 1.54) is 53.7 Å². The number of amides is 1. The minimum Gasteiger partial charge on any atom is -0.495 e.